The van der Waals surface area contributed by atoms with Crippen LogP contribution in [-0.2, 0) is 22.9 Å². The van der Waals surface area contributed by atoms with Crippen LogP contribution in [0.4, 0.5) is 0 Å². The second-order valence-corrected chi connectivity index (χ2v) is 8.01. The van der Waals surface area contributed by atoms with Crippen molar-refractivity contribution < 1.29 is 12.8 Å². The molecule has 0 aliphatic heterocycles. The van der Waals surface area contributed by atoms with Crippen LogP contribution >= 0.6 is 11.3 Å². The molecule has 2 heterocycles. The van der Waals surface area contributed by atoms with Gasteiger partial charge in [0.25, 0.3) is 0 Å². The van der Waals surface area contributed by atoms with Gasteiger partial charge in [-0.15, -0.1) is 11.3 Å². The van der Waals surface area contributed by atoms with Crippen molar-refractivity contribution in [2.45, 2.75) is 36.4 Å². The second kappa shape index (κ2) is 7.22. The standard InChI is InChI=1S/C14H20N2O3S2/c1-11(4-5-12-3-2-10-19-12)16-21(17,18)14-7-6-13(20-14)8-9-15/h2-3,6-7,10-11,16H,4-5,8-9,15H2,1H3. The highest BCUT2D eigenvalue weighted by atomic mass is 32.2. The number of furan rings is 1. The van der Waals surface area contributed by atoms with Crippen molar-refractivity contribution in [2.75, 3.05) is 6.54 Å². The molecule has 1 unspecified atom stereocenters. The van der Waals surface area contributed by atoms with Crippen molar-refractivity contribution in [1.82, 2.24) is 4.72 Å². The highest BCUT2D eigenvalue weighted by Gasteiger charge is 2.19. The average Bonchev–Trinajstić information content (AvgIpc) is 3.07. The van der Waals surface area contributed by atoms with Gasteiger partial charge in [-0.3, -0.25) is 0 Å². The maximum Gasteiger partial charge on any atom is 0.250 e. The summed E-state index contributed by atoms with van der Waals surface area (Å²) < 4.78 is 32.8. The van der Waals surface area contributed by atoms with Gasteiger partial charge in [0.1, 0.15) is 9.97 Å². The first-order chi connectivity index (χ1) is 10.0. The minimum absolute atomic E-state index is 0.153. The van der Waals surface area contributed by atoms with Crippen LogP contribution in [0.2, 0.25) is 0 Å². The van der Waals surface area contributed by atoms with Crippen LogP contribution in [0.1, 0.15) is 24.0 Å². The SMILES string of the molecule is CC(CCc1ccco1)NS(=O)(=O)c1ccc(CCN)s1. The van der Waals surface area contributed by atoms with Gasteiger partial charge >= 0.3 is 0 Å². The Hall–Kier alpha value is -1.15. The molecule has 21 heavy (non-hydrogen) atoms. The van der Waals surface area contributed by atoms with Crippen LogP contribution < -0.4 is 10.5 Å². The molecule has 3 N–H and O–H groups in total. The molecule has 0 saturated heterocycles. The van der Waals surface area contributed by atoms with Gasteiger partial charge in [-0.2, -0.15) is 0 Å². The third kappa shape index (κ3) is 4.67. The van der Waals surface area contributed by atoms with Crippen molar-refractivity contribution in [3.05, 3.63) is 41.2 Å². The van der Waals surface area contributed by atoms with Crippen molar-refractivity contribution in [3.63, 3.8) is 0 Å². The summed E-state index contributed by atoms with van der Waals surface area (Å²) in [7, 11) is -3.45. The van der Waals surface area contributed by atoms with Crippen molar-refractivity contribution in [2.24, 2.45) is 5.73 Å². The van der Waals surface area contributed by atoms with E-state index in [-0.39, 0.29) is 6.04 Å². The Balaban J connectivity index is 1.92. The predicted octanol–water partition coefficient (Wildman–Crippen LogP) is 2.14. The van der Waals surface area contributed by atoms with E-state index in [2.05, 4.69) is 4.72 Å². The first-order valence-electron chi connectivity index (χ1n) is 6.85. The molecule has 2 rings (SSSR count). The van der Waals surface area contributed by atoms with Crippen LogP contribution in [-0.4, -0.2) is 21.0 Å². The van der Waals surface area contributed by atoms with Crippen molar-refractivity contribution >= 4 is 21.4 Å². The minimum atomic E-state index is -3.45. The van der Waals surface area contributed by atoms with Gasteiger partial charge < -0.3 is 10.2 Å². The Kier molecular flexibility index (Phi) is 5.58. The molecule has 2 aromatic rings. The van der Waals surface area contributed by atoms with Gasteiger partial charge in [-0.05, 0) is 50.6 Å². The van der Waals surface area contributed by atoms with E-state index in [0.29, 0.717) is 30.0 Å². The third-order valence-electron chi connectivity index (χ3n) is 3.05. The highest BCUT2D eigenvalue weighted by molar-refractivity contribution is 7.91. The quantitative estimate of drug-likeness (QED) is 0.777. The number of rotatable bonds is 8. The maximum absolute atomic E-state index is 12.3. The van der Waals surface area contributed by atoms with Gasteiger partial charge in [0.05, 0.1) is 6.26 Å². The Morgan fingerprint density at radius 1 is 1.33 bits per heavy atom. The van der Waals surface area contributed by atoms with Crippen LogP contribution in [0, 0.1) is 0 Å². The Morgan fingerprint density at radius 2 is 2.14 bits per heavy atom. The fourth-order valence-corrected chi connectivity index (χ4v) is 4.64. The molecular weight excluding hydrogens is 308 g/mol. The van der Waals surface area contributed by atoms with E-state index < -0.39 is 10.0 Å². The first kappa shape index (κ1) is 16.2. The van der Waals surface area contributed by atoms with Crippen molar-refractivity contribution in [1.29, 1.82) is 0 Å². The smallest absolute Gasteiger partial charge is 0.250 e. The first-order valence-corrected chi connectivity index (χ1v) is 9.14. The summed E-state index contributed by atoms with van der Waals surface area (Å²) in [6.45, 7) is 2.38. The summed E-state index contributed by atoms with van der Waals surface area (Å²) in [4.78, 5) is 0.987. The summed E-state index contributed by atoms with van der Waals surface area (Å²) in [6.07, 6.45) is 3.72. The molecule has 5 nitrogen and oxygen atoms in total. The number of hydrogen-bond donors (Lipinski definition) is 2. The average molecular weight is 328 g/mol. The lowest BCUT2D eigenvalue weighted by Gasteiger charge is -2.12. The summed E-state index contributed by atoms with van der Waals surface area (Å²) in [5.41, 5.74) is 5.48. The zero-order valence-electron chi connectivity index (χ0n) is 11.9. The van der Waals surface area contributed by atoms with E-state index in [9.17, 15) is 8.42 Å². The van der Waals surface area contributed by atoms with Crippen LogP contribution in [0.15, 0.2) is 39.2 Å². The molecule has 0 amide bonds. The summed E-state index contributed by atoms with van der Waals surface area (Å²) in [6, 6.07) is 7.02. The number of aryl methyl sites for hydroxylation is 1. The van der Waals surface area contributed by atoms with E-state index >= 15 is 0 Å². The monoisotopic (exact) mass is 328 g/mol. The summed E-state index contributed by atoms with van der Waals surface area (Å²) in [5, 5.41) is 0. The Bertz CT molecular complexity index is 648. The third-order valence-corrected chi connectivity index (χ3v) is 6.28. The summed E-state index contributed by atoms with van der Waals surface area (Å²) >= 11 is 1.27. The highest BCUT2D eigenvalue weighted by Crippen LogP contribution is 2.22. The Labute approximate surface area is 129 Å². The molecule has 1 atom stereocenters. The number of nitrogens with one attached hydrogen (secondary N) is 1. The largest absolute Gasteiger partial charge is 0.469 e. The lowest BCUT2D eigenvalue weighted by Crippen LogP contribution is -2.32. The van der Waals surface area contributed by atoms with E-state index in [1.165, 1.54) is 11.3 Å². The van der Waals surface area contributed by atoms with Crippen LogP contribution in [0.3, 0.4) is 0 Å². The van der Waals surface area contributed by atoms with Crippen molar-refractivity contribution in [3.8, 4) is 0 Å². The number of thiophene rings is 1. The molecule has 0 aromatic carbocycles. The zero-order valence-corrected chi connectivity index (χ0v) is 13.5. The maximum atomic E-state index is 12.3. The molecule has 0 aliphatic carbocycles. The number of nitrogens with two attached hydrogens (primary N) is 1. The molecule has 0 saturated carbocycles. The van der Waals surface area contributed by atoms with Gasteiger partial charge in [0.15, 0.2) is 0 Å². The lowest BCUT2D eigenvalue weighted by molar-refractivity contribution is 0.480. The van der Waals surface area contributed by atoms with E-state index in [1.807, 2.05) is 25.1 Å². The summed E-state index contributed by atoms with van der Waals surface area (Å²) in [5.74, 6) is 0.863. The molecule has 0 aliphatic rings. The van der Waals surface area contributed by atoms with Gasteiger partial charge in [0, 0.05) is 17.3 Å². The molecule has 2 aromatic heterocycles. The fourth-order valence-electron chi connectivity index (χ4n) is 1.97. The fraction of sp³-hybridized carbons (Fsp3) is 0.429. The molecule has 0 spiro atoms. The molecule has 0 bridgehead atoms. The topological polar surface area (TPSA) is 85.3 Å². The van der Waals surface area contributed by atoms with E-state index in [0.717, 1.165) is 10.6 Å². The number of sulfonamides is 1. The normalized spacial score (nSPS) is 13.4. The lowest BCUT2D eigenvalue weighted by atomic mass is 10.2. The second-order valence-electron chi connectivity index (χ2n) is 4.90. The predicted molar refractivity (Wildman–Crippen MR) is 83.9 cm³/mol. The van der Waals surface area contributed by atoms with Gasteiger partial charge in [-0.1, -0.05) is 0 Å². The number of hydrogen-bond acceptors (Lipinski definition) is 5. The molecule has 7 heteroatoms. The molecular formula is C14H20N2O3S2. The van der Waals surface area contributed by atoms with Gasteiger partial charge in [-0.25, -0.2) is 13.1 Å². The van der Waals surface area contributed by atoms with Gasteiger partial charge in [0.2, 0.25) is 10.0 Å². The van der Waals surface area contributed by atoms with E-state index in [4.69, 9.17) is 10.2 Å². The van der Waals surface area contributed by atoms with Crippen LogP contribution in [0.5, 0.6) is 0 Å². The van der Waals surface area contributed by atoms with Crippen LogP contribution in [0.25, 0.3) is 0 Å². The van der Waals surface area contributed by atoms with E-state index in [1.54, 1.807) is 12.3 Å². The Morgan fingerprint density at radius 3 is 2.81 bits per heavy atom. The zero-order chi connectivity index (χ0) is 15.3. The molecule has 0 radical (unpaired) electrons. The molecule has 0 fully saturated rings. The molecule has 116 valence electrons. The minimum Gasteiger partial charge on any atom is -0.469 e.